The predicted molar refractivity (Wildman–Crippen MR) is 160 cm³/mol. The first-order valence-corrected chi connectivity index (χ1v) is 17.4. The van der Waals surface area contributed by atoms with Crippen LogP contribution in [0.25, 0.3) is 0 Å². The van der Waals surface area contributed by atoms with Crippen LogP contribution in [0.4, 0.5) is 0 Å². The largest absolute Gasteiger partial charge is 0.374 e. The van der Waals surface area contributed by atoms with Gasteiger partial charge in [0.05, 0.1) is 39.6 Å². The van der Waals surface area contributed by atoms with Gasteiger partial charge in [-0.05, 0) is 53.7 Å². The van der Waals surface area contributed by atoms with E-state index in [1.165, 1.54) is 11.4 Å². The lowest BCUT2D eigenvalue weighted by molar-refractivity contribution is -0.0895. The third-order valence-corrected chi connectivity index (χ3v) is 11.5. The second kappa shape index (κ2) is 16.0. The summed E-state index contributed by atoms with van der Waals surface area (Å²) >= 11 is 7.26. The Morgan fingerprint density at radius 1 is 0.692 bits per heavy atom. The molecule has 3 aromatic carbocycles. The lowest BCUT2D eigenvalue weighted by atomic mass is 10.1. The van der Waals surface area contributed by atoms with Gasteiger partial charge in [-0.15, -0.1) is 0 Å². The zero-order valence-corrected chi connectivity index (χ0v) is 25.0. The highest BCUT2D eigenvalue weighted by molar-refractivity contribution is 8.68. The Morgan fingerprint density at radius 2 is 1.15 bits per heavy atom. The first-order valence-electron chi connectivity index (χ1n) is 13.3. The molecule has 4 rings (SSSR count). The van der Waals surface area contributed by atoms with E-state index in [0.717, 1.165) is 16.7 Å². The zero-order chi connectivity index (χ0) is 27.3. The Bertz CT molecular complexity index is 1130. The molecule has 1 aliphatic heterocycles. The number of hydrogen-bond acceptors (Lipinski definition) is 8. The number of ether oxygens (including phenoxy) is 4. The molecular formula is C30H37O6PS2. The van der Waals surface area contributed by atoms with Crippen molar-refractivity contribution in [3.63, 3.8) is 0 Å². The molecule has 6 nitrogen and oxygen atoms in total. The summed E-state index contributed by atoms with van der Waals surface area (Å²) in [5, 5.41) is 0. The molecule has 1 aliphatic rings. The monoisotopic (exact) mass is 588 g/mol. The van der Waals surface area contributed by atoms with Crippen LogP contribution in [0.15, 0.2) is 91.0 Å². The van der Waals surface area contributed by atoms with E-state index in [4.69, 9.17) is 39.8 Å². The van der Waals surface area contributed by atoms with Crippen LogP contribution in [-0.4, -0.2) is 43.6 Å². The molecule has 210 valence electrons. The molecule has 3 aromatic rings. The van der Waals surface area contributed by atoms with Crippen LogP contribution in [0.3, 0.4) is 0 Å². The lowest BCUT2D eigenvalue weighted by Crippen LogP contribution is -2.38. The Labute approximate surface area is 241 Å². The van der Waals surface area contributed by atoms with E-state index in [-0.39, 0.29) is 12.2 Å². The summed E-state index contributed by atoms with van der Waals surface area (Å²) in [7, 11) is 0. The topological polar surface area (TPSA) is 55.4 Å². The van der Waals surface area contributed by atoms with Gasteiger partial charge in [-0.25, -0.2) is 0 Å². The van der Waals surface area contributed by atoms with Gasteiger partial charge in [0.15, 0.2) is 0 Å². The average molecular weight is 589 g/mol. The van der Waals surface area contributed by atoms with Gasteiger partial charge < -0.3 is 28.0 Å². The van der Waals surface area contributed by atoms with Crippen LogP contribution in [0.2, 0.25) is 0 Å². The molecule has 0 amide bonds. The molecule has 1 heterocycles. The molecule has 0 spiro atoms. The van der Waals surface area contributed by atoms with Crippen molar-refractivity contribution in [2.24, 2.45) is 0 Å². The molecule has 9 heteroatoms. The molecule has 0 saturated carbocycles. The average Bonchev–Trinajstić information content (AvgIpc) is 3.27. The summed E-state index contributed by atoms with van der Waals surface area (Å²) in [5.74, 6) is 0. The minimum Gasteiger partial charge on any atom is -0.374 e. The SMILES string of the molecule is CCOP(=S)(OCC)S[C@@H]1O[C@@H](COCc2ccccc2)[C@H](OCc2ccccc2)[C@H]1OCc1ccccc1. The molecule has 39 heavy (non-hydrogen) atoms. The van der Waals surface area contributed by atoms with Gasteiger partial charge in [0.2, 0.25) is 5.69 Å². The second-order valence-corrected chi connectivity index (χ2v) is 15.3. The normalized spacial score (nSPS) is 21.3. The molecule has 4 atom stereocenters. The zero-order valence-electron chi connectivity index (χ0n) is 22.4. The molecule has 1 saturated heterocycles. The maximum Gasteiger partial charge on any atom is 0.249 e. The van der Waals surface area contributed by atoms with E-state index in [0.29, 0.717) is 39.6 Å². The number of hydrogen-bond donors (Lipinski definition) is 0. The van der Waals surface area contributed by atoms with Crippen molar-refractivity contribution in [1.82, 2.24) is 0 Å². The summed E-state index contributed by atoms with van der Waals surface area (Å²) in [6, 6.07) is 30.3. The third-order valence-electron chi connectivity index (χ3n) is 6.04. The van der Waals surface area contributed by atoms with Crippen molar-refractivity contribution < 1.29 is 28.0 Å². The maximum atomic E-state index is 6.58. The van der Waals surface area contributed by atoms with E-state index in [1.54, 1.807) is 0 Å². The third kappa shape index (κ3) is 9.49. The van der Waals surface area contributed by atoms with Gasteiger partial charge in [0.1, 0.15) is 23.7 Å². The van der Waals surface area contributed by atoms with Crippen molar-refractivity contribution in [2.75, 3.05) is 19.8 Å². The van der Waals surface area contributed by atoms with Crippen LogP contribution in [-0.2, 0) is 59.6 Å². The first kappa shape index (κ1) is 30.4. The molecule has 0 bridgehead atoms. The van der Waals surface area contributed by atoms with Crippen LogP contribution >= 0.6 is 17.1 Å². The fourth-order valence-corrected chi connectivity index (χ4v) is 9.53. The Hall–Kier alpha value is -1.58. The number of rotatable bonds is 16. The molecule has 0 unspecified atom stereocenters. The summed E-state index contributed by atoms with van der Waals surface area (Å²) in [4.78, 5) is 0. The minimum atomic E-state index is -2.66. The van der Waals surface area contributed by atoms with Crippen molar-refractivity contribution in [1.29, 1.82) is 0 Å². The highest BCUT2D eigenvalue weighted by atomic mass is 32.9. The van der Waals surface area contributed by atoms with Gasteiger partial charge in [0.25, 0.3) is 0 Å². The molecular weight excluding hydrogens is 551 g/mol. The summed E-state index contributed by atoms with van der Waals surface area (Å²) in [5.41, 5.74) is 0.150. The molecule has 0 aliphatic carbocycles. The highest BCUT2D eigenvalue weighted by Gasteiger charge is 2.49. The van der Waals surface area contributed by atoms with Crippen LogP contribution in [0.5, 0.6) is 0 Å². The summed E-state index contributed by atoms with van der Waals surface area (Å²) < 4.78 is 37.6. The van der Waals surface area contributed by atoms with Crippen LogP contribution in [0, 0.1) is 0 Å². The Kier molecular flexibility index (Phi) is 12.5. The fraction of sp³-hybridized carbons (Fsp3) is 0.400. The minimum absolute atomic E-state index is 0.350. The summed E-state index contributed by atoms with van der Waals surface area (Å²) in [6.45, 7) is 6.45. The molecule has 1 fully saturated rings. The first-order chi connectivity index (χ1) is 19.1. The molecule has 0 N–H and O–H groups in total. The van der Waals surface area contributed by atoms with E-state index in [2.05, 4.69) is 0 Å². The van der Waals surface area contributed by atoms with Gasteiger partial charge >= 0.3 is 0 Å². The Morgan fingerprint density at radius 3 is 1.64 bits per heavy atom. The molecule has 0 aromatic heterocycles. The van der Waals surface area contributed by atoms with Crippen molar-refractivity contribution in [2.45, 2.75) is 57.4 Å². The van der Waals surface area contributed by atoms with E-state index >= 15 is 0 Å². The van der Waals surface area contributed by atoms with Crippen LogP contribution < -0.4 is 0 Å². The van der Waals surface area contributed by atoms with E-state index in [1.807, 2.05) is 105 Å². The highest BCUT2D eigenvalue weighted by Crippen LogP contribution is 2.64. The smallest absolute Gasteiger partial charge is 0.249 e. The maximum absolute atomic E-state index is 6.58. The van der Waals surface area contributed by atoms with Gasteiger partial charge in [-0.1, -0.05) is 91.0 Å². The predicted octanol–water partition coefficient (Wildman–Crippen LogP) is 7.13. The van der Waals surface area contributed by atoms with Gasteiger partial charge in [0, 0.05) is 0 Å². The van der Waals surface area contributed by atoms with Crippen LogP contribution in [0.1, 0.15) is 30.5 Å². The lowest BCUT2D eigenvalue weighted by Gasteiger charge is -2.27. The summed E-state index contributed by atoms with van der Waals surface area (Å²) in [6.07, 6.45) is -1.15. The van der Waals surface area contributed by atoms with Crippen molar-refractivity contribution in [3.05, 3.63) is 108 Å². The standard InChI is InChI=1S/C30H37O6PS2/c1-3-34-37(38,35-4-2)39-30-29(33-22-26-18-12-7-13-19-26)28(32-21-25-16-10-6-11-17-25)27(36-30)23-31-20-24-14-8-5-9-15-24/h5-19,27-30H,3-4,20-23H2,1-2H3/t27-,28-,29+,30-/m0/s1. The quantitative estimate of drug-likeness (QED) is 0.164. The van der Waals surface area contributed by atoms with Gasteiger partial charge in [-0.2, -0.15) is 0 Å². The van der Waals surface area contributed by atoms with E-state index < -0.39 is 17.2 Å². The number of benzene rings is 3. The molecule has 0 radical (unpaired) electrons. The van der Waals surface area contributed by atoms with Crippen molar-refractivity contribution in [3.8, 4) is 0 Å². The van der Waals surface area contributed by atoms with Crippen molar-refractivity contribution >= 4 is 28.9 Å². The van der Waals surface area contributed by atoms with Gasteiger partial charge in [-0.3, -0.25) is 0 Å². The van der Waals surface area contributed by atoms with E-state index in [9.17, 15) is 0 Å². The fourth-order valence-electron chi connectivity index (χ4n) is 4.23. The Balaban J connectivity index is 1.54. The second-order valence-electron chi connectivity index (χ2n) is 8.95.